The highest BCUT2D eigenvalue weighted by Crippen LogP contribution is 2.20. The number of hydrogen-bond donors (Lipinski definition) is 0. The van der Waals surface area contributed by atoms with Crippen LogP contribution in [0.3, 0.4) is 0 Å². The minimum atomic E-state index is -0.0689. The third-order valence-corrected chi connectivity index (χ3v) is 4.26. The molecule has 0 aromatic carbocycles. The van der Waals surface area contributed by atoms with Crippen molar-refractivity contribution in [3.63, 3.8) is 0 Å². The van der Waals surface area contributed by atoms with Gasteiger partial charge in [0.15, 0.2) is 5.78 Å². The average Bonchev–Trinajstić information content (AvgIpc) is 3.02. The lowest BCUT2D eigenvalue weighted by molar-refractivity contribution is 0.0974. The van der Waals surface area contributed by atoms with Crippen LogP contribution in [0.15, 0.2) is 34.4 Å². The molecule has 0 amide bonds. The molecule has 18 heavy (non-hydrogen) atoms. The summed E-state index contributed by atoms with van der Waals surface area (Å²) >= 11 is 1.42. The molecular weight excluding hydrogens is 246 g/mol. The molecule has 0 aliphatic heterocycles. The van der Waals surface area contributed by atoms with Gasteiger partial charge in [0.05, 0.1) is 11.4 Å². The first-order chi connectivity index (χ1) is 8.75. The summed E-state index contributed by atoms with van der Waals surface area (Å²) in [5, 5.41) is 1.88. The highest BCUT2D eigenvalue weighted by atomic mass is 32.1. The molecular formula is C14H13NO2S. The summed E-state index contributed by atoms with van der Waals surface area (Å²) < 4.78 is 1.64. The summed E-state index contributed by atoms with van der Waals surface area (Å²) in [6, 6.07) is 7.14. The first-order valence-corrected chi connectivity index (χ1v) is 6.92. The van der Waals surface area contributed by atoms with Crippen molar-refractivity contribution >= 4 is 17.1 Å². The van der Waals surface area contributed by atoms with Crippen molar-refractivity contribution in [2.45, 2.75) is 25.8 Å². The van der Waals surface area contributed by atoms with Gasteiger partial charge in [0, 0.05) is 11.8 Å². The molecule has 4 heteroatoms. The number of pyridine rings is 1. The van der Waals surface area contributed by atoms with Crippen molar-refractivity contribution in [2.24, 2.45) is 0 Å². The van der Waals surface area contributed by atoms with Crippen LogP contribution in [-0.2, 0) is 19.4 Å². The highest BCUT2D eigenvalue weighted by Gasteiger charge is 2.18. The molecule has 2 aromatic heterocycles. The lowest BCUT2D eigenvalue weighted by atomic mass is 10.2. The van der Waals surface area contributed by atoms with Gasteiger partial charge in [0.1, 0.15) is 0 Å². The summed E-state index contributed by atoms with van der Waals surface area (Å²) in [6.07, 6.45) is 3.00. The lowest BCUT2D eigenvalue weighted by Gasteiger charge is -2.10. The molecule has 0 radical (unpaired) electrons. The Morgan fingerprint density at radius 1 is 1.28 bits per heavy atom. The Bertz CT molecular complexity index is 640. The van der Waals surface area contributed by atoms with Crippen molar-refractivity contribution in [1.29, 1.82) is 0 Å². The number of hydrogen-bond acceptors (Lipinski definition) is 3. The number of carbonyl (C=O) groups excluding carboxylic acids is 1. The minimum Gasteiger partial charge on any atom is -0.305 e. The van der Waals surface area contributed by atoms with Crippen LogP contribution < -0.4 is 5.56 Å². The number of ketones is 1. The summed E-state index contributed by atoms with van der Waals surface area (Å²) in [5.41, 5.74) is 2.20. The van der Waals surface area contributed by atoms with E-state index < -0.39 is 0 Å². The molecule has 1 aliphatic carbocycles. The van der Waals surface area contributed by atoms with E-state index in [1.54, 1.807) is 16.7 Å². The van der Waals surface area contributed by atoms with E-state index in [0.29, 0.717) is 0 Å². The number of fused-ring (bicyclic) bond motifs is 1. The zero-order valence-electron chi connectivity index (χ0n) is 9.89. The molecule has 0 spiro atoms. The minimum absolute atomic E-state index is 0.0207. The Morgan fingerprint density at radius 2 is 2.17 bits per heavy atom. The van der Waals surface area contributed by atoms with E-state index in [9.17, 15) is 9.59 Å². The predicted octanol–water partition coefficient (Wildman–Crippen LogP) is 2.28. The summed E-state index contributed by atoms with van der Waals surface area (Å²) in [5.74, 6) is 0.0207. The second-order valence-corrected chi connectivity index (χ2v) is 5.43. The quantitative estimate of drug-likeness (QED) is 0.793. The molecule has 3 nitrogen and oxygen atoms in total. The standard InChI is InChI=1S/C14H13NO2S/c16-12(13-5-2-8-18-13)9-15-11-4-1-3-10(11)6-7-14(15)17/h2,5-8H,1,3-4,9H2. The monoisotopic (exact) mass is 259 g/mol. The topological polar surface area (TPSA) is 39.1 Å². The number of aryl methyl sites for hydroxylation is 1. The van der Waals surface area contributed by atoms with Gasteiger partial charge in [-0.1, -0.05) is 12.1 Å². The van der Waals surface area contributed by atoms with Crippen molar-refractivity contribution < 1.29 is 4.79 Å². The van der Waals surface area contributed by atoms with Gasteiger partial charge >= 0.3 is 0 Å². The van der Waals surface area contributed by atoms with Crippen molar-refractivity contribution in [2.75, 3.05) is 0 Å². The summed E-state index contributed by atoms with van der Waals surface area (Å²) in [6.45, 7) is 0.169. The molecule has 3 rings (SSSR count). The van der Waals surface area contributed by atoms with Gasteiger partial charge in [0.25, 0.3) is 5.56 Å². The molecule has 1 aliphatic rings. The van der Waals surface area contributed by atoms with E-state index in [-0.39, 0.29) is 17.9 Å². The van der Waals surface area contributed by atoms with E-state index in [2.05, 4.69) is 0 Å². The molecule has 0 atom stereocenters. The predicted molar refractivity (Wildman–Crippen MR) is 71.4 cm³/mol. The Kier molecular flexibility index (Phi) is 2.88. The number of aromatic nitrogens is 1. The van der Waals surface area contributed by atoms with Crippen LogP contribution in [0.1, 0.15) is 27.3 Å². The maximum absolute atomic E-state index is 12.1. The van der Waals surface area contributed by atoms with Crippen molar-refractivity contribution in [1.82, 2.24) is 4.57 Å². The average molecular weight is 259 g/mol. The van der Waals surface area contributed by atoms with Crippen molar-refractivity contribution in [3.8, 4) is 0 Å². The van der Waals surface area contributed by atoms with Gasteiger partial charge in [0.2, 0.25) is 0 Å². The molecule has 2 heterocycles. The van der Waals surface area contributed by atoms with E-state index in [0.717, 1.165) is 29.8 Å². The Balaban J connectivity index is 1.96. The van der Waals surface area contributed by atoms with Crippen LogP contribution in [0.25, 0.3) is 0 Å². The fourth-order valence-electron chi connectivity index (χ4n) is 2.47. The van der Waals surface area contributed by atoms with Crippen LogP contribution in [0.5, 0.6) is 0 Å². The smallest absolute Gasteiger partial charge is 0.251 e. The molecule has 0 fully saturated rings. The molecule has 2 aromatic rings. The first kappa shape index (κ1) is 11.4. The van der Waals surface area contributed by atoms with E-state index in [4.69, 9.17) is 0 Å². The van der Waals surface area contributed by atoms with Crippen LogP contribution in [0.4, 0.5) is 0 Å². The second kappa shape index (κ2) is 4.53. The molecule has 0 bridgehead atoms. The maximum atomic E-state index is 12.1. The fourth-order valence-corrected chi connectivity index (χ4v) is 3.12. The Labute approximate surface area is 109 Å². The first-order valence-electron chi connectivity index (χ1n) is 6.04. The van der Waals surface area contributed by atoms with Gasteiger partial charge in [-0.05, 0) is 36.3 Å². The third kappa shape index (κ3) is 1.93. The van der Waals surface area contributed by atoms with Gasteiger partial charge in [-0.15, -0.1) is 11.3 Å². The normalized spacial score (nSPS) is 13.6. The molecule has 92 valence electrons. The third-order valence-electron chi connectivity index (χ3n) is 3.35. The number of rotatable bonds is 3. The number of Topliss-reactive ketones (excluding diaryl/α,β-unsaturated/α-hetero) is 1. The molecule has 0 saturated heterocycles. The Hall–Kier alpha value is -1.68. The van der Waals surface area contributed by atoms with Crippen LogP contribution in [-0.4, -0.2) is 10.4 Å². The number of carbonyl (C=O) groups is 1. The second-order valence-electron chi connectivity index (χ2n) is 4.48. The lowest BCUT2D eigenvalue weighted by Crippen LogP contribution is -2.26. The Morgan fingerprint density at radius 3 is 2.94 bits per heavy atom. The van der Waals surface area contributed by atoms with Crippen LogP contribution in [0.2, 0.25) is 0 Å². The summed E-state index contributed by atoms with van der Waals surface area (Å²) in [7, 11) is 0. The van der Waals surface area contributed by atoms with Gasteiger partial charge in [-0.25, -0.2) is 0 Å². The summed E-state index contributed by atoms with van der Waals surface area (Å²) in [4.78, 5) is 24.7. The van der Waals surface area contributed by atoms with E-state index >= 15 is 0 Å². The van der Waals surface area contributed by atoms with Gasteiger partial charge in [-0.2, -0.15) is 0 Å². The van der Waals surface area contributed by atoms with E-state index in [1.165, 1.54) is 16.9 Å². The van der Waals surface area contributed by atoms with E-state index in [1.807, 2.05) is 17.5 Å². The SMILES string of the molecule is O=C(Cn1c2c(ccc1=O)CCC2)c1cccs1. The van der Waals surface area contributed by atoms with Crippen LogP contribution in [0, 0.1) is 0 Å². The molecule has 0 unspecified atom stereocenters. The zero-order valence-corrected chi connectivity index (χ0v) is 10.7. The van der Waals surface area contributed by atoms with Gasteiger partial charge in [-0.3, -0.25) is 9.59 Å². The van der Waals surface area contributed by atoms with Gasteiger partial charge < -0.3 is 4.57 Å². The molecule has 0 saturated carbocycles. The zero-order chi connectivity index (χ0) is 12.5. The number of thiophene rings is 1. The van der Waals surface area contributed by atoms with Crippen molar-refractivity contribution in [3.05, 3.63) is 56.1 Å². The molecule has 0 N–H and O–H groups in total. The largest absolute Gasteiger partial charge is 0.305 e. The number of nitrogens with zero attached hydrogens (tertiary/aromatic N) is 1. The van der Waals surface area contributed by atoms with Crippen LogP contribution >= 0.6 is 11.3 Å². The highest BCUT2D eigenvalue weighted by molar-refractivity contribution is 7.12. The maximum Gasteiger partial charge on any atom is 0.251 e. The fraction of sp³-hybridized carbons (Fsp3) is 0.286.